The Bertz CT molecular complexity index is 436. The Morgan fingerprint density at radius 2 is 2.17 bits per heavy atom. The average Bonchev–Trinajstić information content (AvgIpc) is 2.86. The number of rotatable bonds is 4. The molecule has 1 saturated heterocycles. The van der Waals surface area contributed by atoms with Crippen molar-refractivity contribution in [1.29, 1.82) is 0 Å². The van der Waals surface area contributed by atoms with E-state index in [1.54, 1.807) is 4.90 Å². The quantitative estimate of drug-likeness (QED) is 0.834. The van der Waals surface area contributed by atoms with E-state index in [1.807, 2.05) is 30.3 Å². The molecule has 18 heavy (non-hydrogen) atoms. The average molecular weight is 264 g/mol. The van der Waals surface area contributed by atoms with E-state index in [1.165, 1.54) is 0 Å². The highest BCUT2D eigenvalue weighted by Gasteiger charge is 2.30. The highest BCUT2D eigenvalue weighted by Crippen LogP contribution is 2.18. The van der Waals surface area contributed by atoms with Crippen molar-refractivity contribution in [3.05, 3.63) is 30.3 Å². The Labute approximate surface area is 112 Å². The number of benzene rings is 1. The summed E-state index contributed by atoms with van der Waals surface area (Å²) < 4.78 is 5.43. The molecule has 0 aromatic heterocycles. The molecular formula is C13H16N2O2S. The standard InChI is InChI=1S/C13H16N2O2S/c14-13(18)11-7-4-8-15(11)12(16)9-17-10-5-2-1-3-6-10/h1-3,5-6,11H,4,7-9H2,(H2,14,18). The van der Waals surface area contributed by atoms with Crippen LogP contribution >= 0.6 is 12.2 Å². The van der Waals surface area contributed by atoms with Gasteiger partial charge in [-0.3, -0.25) is 4.79 Å². The minimum Gasteiger partial charge on any atom is -0.484 e. The monoisotopic (exact) mass is 264 g/mol. The van der Waals surface area contributed by atoms with Crippen molar-refractivity contribution in [2.24, 2.45) is 5.73 Å². The van der Waals surface area contributed by atoms with Gasteiger partial charge in [0.2, 0.25) is 0 Å². The maximum absolute atomic E-state index is 12.0. The Hall–Kier alpha value is -1.62. The highest BCUT2D eigenvalue weighted by molar-refractivity contribution is 7.80. The maximum atomic E-state index is 12.0. The van der Waals surface area contributed by atoms with Gasteiger partial charge in [0.25, 0.3) is 5.91 Å². The van der Waals surface area contributed by atoms with Gasteiger partial charge < -0.3 is 15.4 Å². The Morgan fingerprint density at radius 3 is 2.83 bits per heavy atom. The summed E-state index contributed by atoms with van der Waals surface area (Å²) in [4.78, 5) is 14.1. The van der Waals surface area contributed by atoms with Crippen LogP contribution in [0.2, 0.25) is 0 Å². The molecule has 1 unspecified atom stereocenters. The smallest absolute Gasteiger partial charge is 0.261 e. The third kappa shape index (κ3) is 2.98. The number of ether oxygens (including phenoxy) is 1. The third-order valence-corrected chi connectivity index (χ3v) is 3.28. The largest absolute Gasteiger partial charge is 0.484 e. The number of carbonyl (C=O) groups is 1. The van der Waals surface area contributed by atoms with Gasteiger partial charge >= 0.3 is 0 Å². The first-order valence-electron chi connectivity index (χ1n) is 5.95. The van der Waals surface area contributed by atoms with E-state index in [0.717, 1.165) is 12.8 Å². The minimum absolute atomic E-state index is 0.0309. The van der Waals surface area contributed by atoms with Crippen LogP contribution in [0.5, 0.6) is 5.75 Å². The summed E-state index contributed by atoms with van der Waals surface area (Å²) in [5.41, 5.74) is 5.63. The van der Waals surface area contributed by atoms with E-state index in [4.69, 9.17) is 22.7 Å². The molecule has 0 bridgehead atoms. The van der Waals surface area contributed by atoms with Gasteiger partial charge in [0, 0.05) is 6.54 Å². The summed E-state index contributed by atoms with van der Waals surface area (Å²) in [7, 11) is 0. The molecule has 0 spiro atoms. The van der Waals surface area contributed by atoms with Crippen molar-refractivity contribution in [1.82, 2.24) is 4.90 Å². The summed E-state index contributed by atoms with van der Waals surface area (Å²) in [5, 5.41) is 0. The second-order valence-corrected chi connectivity index (χ2v) is 4.72. The second kappa shape index (κ2) is 5.82. The summed E-state index contributed by atoms with van der Waals surface area (Å²) in [6.45, 7) is 0.738. The molecule has 0 radical (unpaired) electrons. The molecule has 4 nitrogen and oxygen atoms in total. The van der Waals surface area contributed by atoms with E-state index < -0.39 is 0 Å². The van der Waals surface area contributed by atoms with Gasteiger partial charge in [0.15, 0.2) is 6.61 Å². The van der Waals surface area contributed by atoms with Crippen molar-refractivity contribution in [2.45, 2.75) is 18.9 Å². The van der Waals surface area contributed by atoms with E-state index in [-0.39, 0.29) is 18.6 Å². The maximum Gasteiger partial charge on any atom is 0.261 e. The molecule has 1 aliphatic heterocycles. The zero-order valence-electron chi connectivity index (χ0n) is 10.0. The molecule has 1 fully saturated rings. The molecule has 0 saturated carbocycles. The molecule has 1 aromatic rings. The predicted molar refractivity (Wildman–Crippen MR) is 73.5 cm³/mol. The zero-order valence-corrected chi connectivity index (χ0v) is 10.9. The van der Waals surface area contributed by atoms with E-state index in [0.29, 0.717) is 17.3 Å². The first-order valence-corrected chi connectivity index (χ1v) is 6.36. The third-order valence-electron chi connectivity index (χ3n) is 3.01. The van der Waals surface area contributed by atoms with Crippen molar-refractivity contribution in [3.8, 4) is 5.75 Å². The number of thiocarbonyl (C=S) groups is 1. The fraction of sp³-hybridized carbons (Fsp3) is 0.385. The van der Waals surface area contributed by atoms with Crippen LogP contribution in [0.3, 0.4) is 0 Å². The molecule has 2 rings (SSSR count). The lowest BCUT2D eigenvalue weighted by Crippen LogP contribution is -2.44. The normalized spacial score (nSPS) is 18.7. The Balaban J connectivity index is 1.90. The van der Waals surface area contributed by atoms with E-state index in [9.17, 15) is 4.79 Å². The number of nitrogens with two attached hydrogens (primary N) is 1. The summed E-state index contributed by atoms with van der Waals surface area (Å²) in [6, 6.07) is 9.18. The van der Waals surface area contributed by atoms with Crippen LogP contribution in [0.1, 0.15) is 12.8 Å². The molecule has 1 atom stereocenters. The van der Waals surface area contributed by atoms with Crippen molar-refractivity contribution < 1.29 is 9.53 Å². The van der Waals surface area contributed by atoms with Crippen molar-refractivity contribution in [2.75, 3.05) is 13.2 Å². The zero-order chi connectivity index (χ0) is 13.0. The summed E-state index contributed by atoms with van der Waals surface area (Å²) in [5.74, 6) is 0.631. The Morgan fingerprint density at radius 1 is 1.44 bits per heavy atom. The van der Waals surface area contributed by atoms with E-state index >= 15 is 0 Å². The number of hydrogen-bond donors (Lipinski definition) is 1. The van der Waals surface area contributed by atoms with Crippen LogP contribution in [0, 0.1) is 0 Å². The van der Waals surface area contributed by atoms with Gasteiger partial charge in [-0.1, -0.05) is 30.4 Å². The lowest BCUT2D eigenvalue weighted by molar-refractivity contribution is -0.133. The topological polar surface area (TPSA) is 55.6 Å². The number of nitrogens with zero attached hydrogens (tertiary/aromatic N) is 1. The molecule has 96 valence electrons. The van der Waals surface area contributed by atoms with Crippen LogP contribution in [0.4, 0.5) is 0 Å². The number of para-hydroxylation sites is 1. The van der Waals surface area contributed by atoms with Gasteiger partial charge in [-0.05, 0) is 25.0 Å². The molecular weight excluding hydrogens is 248 g/mol. The predicted octanol–water partition coefficient (Wildman–Crippen LogP) is 1.34. The number of carbonyl (C=O) groups excluding carboxylic acids is 1. The first kappa shape index (κ1) is 12.8. The van der Waals surface area contributed by atoms with Gasteiger partial charge in [-0.2, -0.15) is 0 Å². The number of likely N-dealkylation sites (tertiary alicyclic amines) is 1. The van der Waals surface area contributed by atoms with Crippen LogP contribution in [-0.4, -0.2) is 35.0 Å². The first-order chi connectivity index (χ1) is 8.68. The van der Waals surface area contributed by atoms with Crippen molar-refractivity contribution in [3.63, 3.8) is 0 Å². The van der Waals surface area contributed by atoms with Crippen LogP contribution in [0.15, 0.2) is 30.3 Å². The lowest BCUT2D eigenvalue weighted by atomic mass is 10.2. The summed E-state index contributed by atoms with van der Waals surface area (Å²) >= 11 is 4.97. The molecule has 1 aliphatic rings. The number of hydrogen-bond acceptors (Lipinski definition) is 3. The fourth-order valence-electron chi connectivity index (χ4n) is 2.11. The van der Waals surface area contributed by atoms with Crippen molar-refractivity contribution >= 4 is 23.1 Å². The van der Waals surface area contributed by atoms with Crippen LogP contribution in [-0.2, 0) is 4.79 Å². The highest BCUT2D eigenvalue weighted by atomic mass is 32.1. The fourth-order valence-corrected chi connectivity index (χ4v) is 2.35. The van der Waals surface area contributed by atoms with Gasteiger partial charge in [-0.15, -0.1) is 0 Å². The van der Waals surface area contributed by atoms with Gasteiger partial charge in [-0.25, -0.2) is 0 Å². The molecule has 5 heteroatoms. The lowest BCUT2D eigenvalue weighted by Gasteiger charge is -2.23. The molecule has 1 aromatic carbocycles. The molecule has 1 heterocycles. The van der Waals surface area contributed by atoms with Crippen LogP contribution in [0.25, 0.3) is 0 Å². The second-order valence-electron chi connectivity index (χ2n) is 4.25. The minimum atomic E-state index is -0.105. The number of amides is 1. The van der Waals surface area contributed by atoms with Gasteiger partial charge in [0.05, 0.1) is 11.0 Å². The van der Waals surface area contributed by atoms with E-state index in [2.05, 4.69) is 0 Å². The van der Waals surface area contributed by atoms with Gasteiger partial charge in [0.1, 0.15) is 5.75 Å². The summed E-state index contributed by atoms with van der Waals surface area (Å²) in [6.07, 6.45) is 1.80. The molecule has 2 N–H and O–H groups in total. The SMILES string of the molecule is NC(=S)C1CCCN1C(=O)COc1ccccc1. The Kier molecular flexibility index (Phi) is 4.15. The molecule has 1 amide bonds. The molecule has 0 aliphatic carbocycles. The van der Waals surface area contributed by atoms with Crippen LogP contribution < -0.4 is 10.5 Å².